The van der Waals surface area contributed by atoms with Crippen LogP contribution in [0.15, 0.2) is 42.6 Å². The van der Waals surface area contributed by atoms with Crippen LogP contribution < -0.4 is 9.47 Å². The SMILES string of the molecule is COc1ccc(C(=O)Oc2ccccc2C(C)=O)nc1. The molecule has 0 aliphatic rings. The molecule has 0 saturated heterocycles. The molecule has 1 aromatic carbocycles. The molecule has 2 rings (SSSR count). The molecule has 0 aliphatic heterocycles. The standard InChI is InChI=1S/C15H13NO4/c1-10(17)12-5-3-4-6-14(12)20-15(18)13-8-7-11(19-2)9-16-13/h3-9H,1-2H3. The number of hydrogen-bond donors (Lipinski definition) is 0. The van der Waals surface area contributed by atoms with Gasteiger partial charge in [0.2, 0.25) is 0 Å². The summed E-state index contributed by atoms with van der Waals surface area (Å²) in [5.74, 6) is -0.0225. The summed E-state index contributed by atoms with van der Waals surface area (Å²) in [5.41, 5.74) is 0.499. The second kappa shape index (κ2) is 5.97. The highest BCUT2D eigenvalue weighted by Gasteiger charge is 2.14. The summed E-state index contributed by atoms with van der Waals surface area (Å²) in [5, 5.41) is 0. The van der Waals surface area contributed by atoms with Crippen LogP contribution in [0.2, 0.25) is 0 Å². The number of ketones is 1. The third-order valence-electron chi connectivity index (χ3n) is 2.65. The zero-order chi connectivity index (χ0) is 14.5. The van der Waals surface area contributed by atoms with Gasteiger partial charge in [-0.1, -0.05) is 12.1 Å². The van der Waals surface area contributed by atoms with Crippen molar-refractivity contribution in [1.29, 1.82) is 0 Å². The van der Waals surface area contributed by atoms with E-state index in [2.05, 4.69) is 4.98 Å². The molecule has 5 heteroatoms. The zero-order valence-corrected chi connectivity index (χ0v) is 11.1. The number of carbonyl (C=O) groups is 2. The Labute approximate surface area is 116 Å². The molecule has 1 aromatic heterocycles. The lowest BCUT2D eigenvalue weighted by Gasteiger charge is -2.07. The zero-order valence-electron chi connectivity index (χ0n) is 11.1. The van der Waals surface area contributed by atoms with Crippen LogP contribution in [-0.4, -0.2) is 23.8 Å². The molecule has 102 valence electrons. The predicted molar refractivity (Wildman–Crippen MR) is 72.2 cm³/mol. The Morgan fingerprint density at radius 1 is 1.10 bits per heavy atom. The van der Waals surface area contributed by atoms with Crippen LogP contribution in [0.4, 0.5) is 0 Å². The number of hydrogen-bond acceptors (Lipinski definition) is 5. The number of ether oxygens (including phenoxy) is 2. The molecule has 0 atom stereocenters. The summed E-state index contributed by atoms with van der Waals surface area (Å²) in [7, 11) is 1.51. The summed E-state index contributed by atoms with van der Waals surface area (Å²) >= 11 is 0. The van der Waals surface area contributed by atoms with Gasteiger partial charge in [0.05, 0.1) is 18.9 Å². The van der Waals surface area contributed by atoms with Gasteiger partial charge in [-0.3, -0.25) is 4.79 Å². The summed E-state index contributed by atoms with van der Waals surface area (Å²) < 4.78 is 10.2. The first-order valence-electron chi connectivity index (χ1n) is 5.94. The topological polar surface area (TPSA) is 65.5 Å². The Hall–Kier alpha value is -2.69. The average molecular weight is 271 g/mol. The molecule has 0 saturated carbocycles. The highest BCUT2D eigenvalue weighted by molar-refractivity contribution is 5.98. The number of methoxy groups -OCH3 is 1. The van der Waals surface area contributed by atoms with Gasteiger partial charge in [-0.05, 0) is 31.2 Å². The van der Waals surface area contributed by atoms with Gasteiger partial charge < -0.3 is 9.47 Å². The second-order valence-corrected chi connectivity index (χ2v) is 4.03. The number of benzene rings is 1. The second-order valence-electron chi connectivity index (χ2n) is 4.03. The van der Waals surface area contributed by atoms with Crippen LogP contribution in [-0.2, 0) is 0 Å². The van der Waals surface area contributed by atoms with Crippen molar-refractivity contribution in [2.75, 3.05) is 7.11 Å². The van der Waals surface area contributed by atoms with Crippen LogP contribution in [0.1, 0.15) is 27.8 Å². The minimum absolute atomic E-state index is 0.143. The molecule has 1 heterocycles. The summed E-state index contributed by atoms with van der Waals surface area (Å²) in [4.78, 5) is 27.3. The van der Waals surface area contributed by atoms with Crippen molar-refractivity contribution in [3.05, 3.63) is 53.9 Å². The van der Waals surface area contributed by atoms with Gasteiger partial charge in [0.25, 0.3) is 0 Å². The van der Waals surface area contributed by atoms with E-state index in [-0.39, 0.29) is 17.2 Å². The van der Waals surface area contributed by atoms with Gasteiger partial charge in [0.1, 0.15) is 17.2 Å². The maximum absolute atomic E-state index is 12.0. The molecule has 0 radical (unpaired) electrons. The smallest absolute Gasteiger partial charge is 0.362 e. The Morgan fingerprint density at radius 3 is 2.45 bits per heavy atom. The summed E-state index contributed by atoms with van der Waals surface area (Å²) in [6.07, 6.45) is 1.42. The van der Waals surface area contributed by atoms with Gasteiger partial charge >= 0.3 is 5.97 Å². The molecular formula is C15H13NO4. The molecule has 5 nitrogen and oxygen atoms in total. The van der Waals surface area contributed by atoms with Crippen LogP contribution >= 0.6 is 0 Å². The van der Waals surface area contributed by atoms with Gasteiger partial charge in [0, 0.05) is 0 Å². The molecule has 0 bridgehead atoms. The first-order chi connectivity index (χ1) is 9.61. The number of pyridine rings is 1. The van der Waals surface area contributed by atoms with Crippen molar-refractivity contribution in [2.24, 2.45) is 0 Å². The summed E-state index contributed by atoms with van der Waals surface area (Å²) in [6.45, 7) is 1.41. The number of aromatic nitrogens is 1. The lowest BCUT2D eigenvalue weighted by molar-refractivity contribution is 0.0726. The van der Waals surface area contributed by atoms with E-state index in [1.807, 2.05) is 0 Å². The normalized spacial score (nSPS) is 9.90. The quantitative estimate of drug-likeness (QED) is 0.485. The number of para-hydroxylation sites is 1. The lowest BCUT2D eigenvalue weighted by atomic mass is 10.1. The first-order valence-corrected chi connectivity index (χ1v) is 5.94. The monoisotopic (exact) mass is 271 g/mol. The van der Waals surface area contributed by atoms with Crippen LogP contribution in [0.3, 0.4) is 0 Å². The van der Waals surface area contributed by atoms with E-state index in [0.29, 0.717) is 11.3 Å². The molecule has 0 N–H and O–H groups in total. The van der Waals surface area contributed by atoms with Gasteiger partial charge in [-0.15, -0.1) is 0 Å². The maximum atomic E-state index is 12.0. The van der Waals surface area contributed by atoms with Gasteiger partial charge in [0.15, 0.2) is 5.78 Å². The number of rotatable bonds is 4. The number of carbonyl (C=O) groups excluding carboxylic acids is 2. The first kappa shape index (κ1) is 13.7. The molecule has 20 heavy (non-hydrogen) atoms. The summed E-state index contributed by atoms with van der Waals surface area (Å²) in [6, 6.07) is 9.68. The largest absolute Gasteiger partial charge is 0.495 e. The third kappa shape index (κ3) is 3.00. The van der Waals surface area contributed by atoms with E-state index < -0.39 is 5.97 Å². The Bertz CT molecular complexity index is 635. The molecule has 0 spiro atoms. The minimum atomic E-state index is -0.624. The van der Waals surface area contributed by atoms with E-state index in [1.54, 1.807) is 30.3 Å². The van der Waals surface area contributed by atoms with Crippen molar-refractivity contribution >= 4 is 11.8 Å². The molecular weight excluding hydrogens is 258 g/mol. The van der Waals surface area contributed by atoms with E-state index in [4.69, 9.17) is 9.47 Å². The van der Waals surface area contributed by atoms with E-state index in [0.717, 1.165) is 0 Å². The molecule has 0 unspecified atom stereocenters. The predicted octanol–water partition coefficient (Wildman–Crippen LogP) is 2.51. The van der Waals surface area contributed by atoms with Crippen LogP contribution in [0.5, 0.6) is 11.5 Å². The van der Waals surface area contributed by atoms with Crippen molar-refractivity contribution < 1.29 is 19.1 Å². The van der Waals surface area contributed by atoms with Crippen molar-refractivity contribution in [3.63, 3.8) is 0 Å². The number of esters is 1. The minimum Gasteiger partial charge on any atom is -0.495 e. The fraction of sp³-hybridized carbons (Fsp3) is 0.133. The third-order valence-corrected chi connectivity index (χ3v) is 2.65. The van der Waals surface area contributed by atoms with Crippen molar-refractivity contribution in [2.45, 2.75) is 6.92 Å². The fourth-order valence-electron chi connectivity index (χ4n) is 1.62. The van der Waals surface area contributed by atoms with Crippen LogP contribution in [0, 0.1) is 0 Å². The van der Waals surface area contributed by atoms with Crippen LogP contribution in [0.25, 0.3) is 0 Å². The van der Waals surface area contributed by atoms with Crippen molar-refractivity contribution in [1.82, 2.24) is 4.98 Å². The highest BCUT2D eigenvalue weighted by atomic mass is 16.5. The molecule has 2 aromatic rings. The maximum Gasteiger partial charge on any atom is 0.362 e. The number of Topliss-reactive ketones (excluding diaryl/α,β-unsaturated/α-hetero) is 1. The average Bonchev–Trinajstić information content (AvgIpc) is 2.47. The molecule has 0 fully saturated rings. The van der Waals surface area contributed by atoms with Gasteiger partial charge in [-0.25, -0.2) is 9.78 Å². The molecule has 0 aliphatic carbocycles. The van der Waals surface area contributed by atoms with E-state index in [9.17, 15) is 9.59 Å². The Morgan fingerprint density at radius 2 is 1.85 bits per heavy atom. The molecule has 0 amide bonds. The number of nitrogens with zero attached hydrogens (tertiary/aromatic N) is 1. The van der Waals surface area contributed by atoms with E-state index in [1.165, 1.54) is 26.3 Å². The van der Waals surface area contributed by atoms with E-state index >= 15 is 0 Å². The highest BCUT2D eigenvalue weighted by Crippen LogP contribution is 2.19. The fourth-order valence-corrected chi connectivity index (χ4v) is 1.62. The Balaban J connectivity index is 2.21. The van der Waals surface area contributed by atoms with Gasteiger partial charge in [-0.2, -0.15) is 0 Å². The van der Waals surface area contributed by atoms with Crippen molar-refractivity contribution in [3.8, 4) is 11.5 Å². The lowest BCUT2D eigenvalue weighted by Crippen LogP contribution is -2.12. The Kier molecular flexibility index (Phi) is 4.10.